The summed E-state index contributed by atoms with van der Waals surface area (Å²) in [6, 6.07) is 0. The van der Waals surface area contributed by atoms with Gasteiger partial charge in [-0.1, -0.05) is 13.8 Å². The molecule has 0 radical (unpaired) electrons. The van der Waals surface area contributed by atoms with Crippen molar-refractivity contribution in [2.24, 2.45) is 11.3 Å². The van der Waals surface area contributed by atoms with Crippen LogP contribution in [0.5, 0.6) is 0 Å². The van der Waals surface area contributed by atoms with Crippen LogP contribution in [0, 0.1) is 11.3 Å². The molecule has 3 N–H and O–H groups in total. The minimum Gasteiger partial charge on any atom is -0.388 e. The summed E-state index contributed by atoms with van der Waals surface area (Å²) in [5, 5.41) is 16.8. The molecule has 19 heavy (non-hydrogen) atoms. The van der Waals surface area contributed by atoms with Crippen molar-refractivity contribution in [3.05, 3.63) is 0 Å². The summed E-state index contributed by atoms with van der Waals surface area (Å²) in [4.78, 5) is 12.4. The summed E-state index contributed by atoms with van der Waals surface area (Å²) >= 11 is 0. The summed E-state index contributed by atoms with van der Waals surface area (Å²) < 4.78 is 0. The van der Waals surface area contributed by atoms with Crippen LogP contribution in [0.3, 0.4) is 0 Å². The summed E-state index contributed by atoms with van der Waals surface area (Å²) in [5.74, 6) is 0.823. The first-order valence-corrected chi connectivity index (χ1v) is 7.71. The monoisotopic (exact) mass is 268 g/mol. The zero-order chi connectivity index (χ0) is 13.9. The predicted octanol–water partition coefficient (Wildman–Crippen LogP) is 1.43. The van der Waals surface area contributed by atoms with Crippen LogP contribution >= 0.6 is 0 Å². The third kappa shape index (κ3) is 3.29. The molecule has 1 unspecified atom stereocenters. The van der Waals surface area contributed by atoms with Gasteiger partial charge in [0.15, 0.2) is 0 Å². The van der Waals surface area contributed by atoms with Crippen molar-refractivity contribution in [2.75, 3.05) is 19.6 Å². The third-order valence-electron chi connectivity index (χ3n) is 5.19. The van der Waals surface area contributed by atoms with Crippen molar-refractivity contribution >= 4 is 5.91 Å². The molecule has 1 atom stereocenters. The Bertz CT molecular complexity index is 316. The average molecular weight is 268 g/mol. The van der Waals surface area contributed by atoms with Gasteiger partial charge in [0.05, 0.1) is 11.0 Å². The molecular weight excluding hydrogens is 240 g/mol. The van der Waals surface area contributed by atoms with Crippen molar-refractivity contribution in [1.82, 2.24) is 10.6 Å². The SMILES string of the molecule is CCC1(C(=O)NCC2(O)CCC(C)CC2)CCNC1. The van der Waals surface area contributed by atoms with E-state index < -0.39 is 5.60 Å². The minimum absolute atomic E-state index is 0.118. The Hall–Kier alpha value is -0.610. The molecule has 1 saturated heterocycles. The lowest BCUT2D eigenvalue weighted by molar-refractivity contribution is -0.132. The first-order valence-electron chi connectivity index (χ1n) is 7.71. The van der Waals surface area contributed by atoms with Gasteiger partial charge in [0.2, 0.25) is 5.91 Å². The van der Waals surface area contributed by atoms with Gasteiger partial charge in [-0.15, -0.1) is 0 Å². The summed E-state index contributed by atoms with van der Waals surface area (Å²) in [7, 11) is 0. The van der Waals surface area contributed by atoms with Crippen LogP contribution in [0.25, 0.3) is 0 Å². The highest BCUT2D eigenvalue weighted by Crippen LogP contribution is 2.33. The van der Waals surface area contributed by atoms with E-state index in [0.717, 1.165) is 51.6 Å². The number of rotatable bonds is 4. The second-order valence-corrected chi connectivity index (χ2v) is 6.65. The molecule has 1 amide bonds. The summed E-state index contributed by atoms with van der Waals surface area (Å²) in [5.41, 5.74) is -0.929. The van der Waals surface area contributed by atoms with E-state index in [1.54, 1.807) is 0 Å². The highest BCUT2D eigenvalue weighted by Gasteiger charge is 2.40. The van der Waals surface area contributed by atoms with Gasteiger partial charge in [0.25, 0.3) is 0 Å². The van der Waals surface area contributed by atoms with Gasteiger partial charge >= 0.3 is 0 Å². The molecule has 4 nitrogen and oxygen atoms in total. The number of hydrogen-bond acceptors (Lipinski definition) is 3. The van der Waals surface area contributed by atoms with Crippen LogP contribution in [-0.4, -0.2) is 36.2 Å². The molecule has 0 aromatic heterocycles. The Kier molecular flexibility index (Phi) is 4.51. The van der Waals surface area contributed by atoms with Crippen molar-refractivity contribution in [1.29, 1.82) is 0 Å². The van der Waals surface area contributed by atoms with Gasteiger partial charge in [0, 0.05) is 13.1 Å². The Labute approximate surface area is 116 Å². The third-order valence-corrected chi connectivity index (χ3v) is 5.19. The van der Waals surface area contributed by atoms with Crippen molar-refractivity contribution < 1.29 is 9.90 Å². The molecule has 1 saturated carbocycles. The first-order chi connectivity index (χ1) is 9.00. The quantitative estimate of drug-likeness (QED) is 0.723. The molecule has 1 aliphatic heterocycles. The predicted molar refractivity (Wildman–Crippen MR) is 75.8 cm³/mol. The molecule has 0 aromatic rings. The fourth-order valence-electron chi connectivity index (χ4n) is 3.31. The van der Waals surface area contributed by atoms with Gasteiger partial charge in [-0.05, 0) is 51.0 Å². The molecular formula is C15H28N2O2. The molecule has 0 aromatic carbocycles. The normalized spacial score (nSPS) is 39.2. The van der Waals surface area contributed by atoms with Gasteiger partial charge in [0.1, 0.15) is 0 Å². The average Bonchev–Trinajstić information content (AvgIpc) is 2.90. The second-order valence-electron chi connectivity index (χ2n) is 6.65. The van der Waals surface area contributed by atoms with Gasteiger partial charge in [-0.2, -0.15) is 0 Å². The molecule has 2 fully saturated rings. The van der Waals surface area contributed by atoms with Crippen molar-refractivity contribution in [3.8, 4) is 0 Å². The van der Waals surface area contributed by atoms with E-state index in [4.69, 9.17) is 0 Å². The van der Waals surface area contributed by atoms with Crippen LogP contribution in [0.2, 0.25) is 0 Å². The Balaban J connectivity index is 1.86. The molecule has 0 spiro atoms. The lowest BCUT2D eigenvalue weighted by Gasteiger charge is -2.36. The van der Waals surface area contributed by atoms with Gasteiger partial charge < -0.3 is 15.7 Å². The molecule has 1 aliphatic carbocycles. The summed E-state index contributed by atoms with van der Waals surface area (Å²) in [6.45, 7) is 6.41. The van der Waals surface area contributed by atoms with E-state index in [1.807, 2.05) is 0 Å². The van der Waals surface area contributed by atoms with E-state index in [9.17, 15) is 9.90 Å². The fourth-order valence-corrected chi connectivity index (χ4v) is 3.31. The first kappa shape index (κ1) is 14.8. The van der Waals surface area contributed by atoms with Crippen LogP contribution in [0.15, 0.2) is 0 Å². The molecule has 4 heteroatoms. The number of nitrogens with one attached hydrogen (secondary N) is 2. The maximum atomic E-state index is 12.4. The zero-order valence-corrected chi connectivity index (χ0v) is 12.3. The zero-order valence-electron chi connectivity index (χ0n) is 12.3. The molecule has 2 aliphatic rings. The molecule has 2 rings (SSSR count). The fraction of sp³-hybridized carbons (Fsp3) is 0.933. The maximum Gasteiger partial charge on any atom is 0.227 e. The Morgan fingerprint density at radius 2 is 2.05 bits per heavy atom. The van der Waals surface area contributed by atoms with Crippen LogP contribution in [0.4, 0.5) is 0 Å². The van der Waals surface area contributed by atoms with Gasteiger partial charge in [-0.3, -0.25) is 4.79 Å². The number of carbonyl (C=O) groups is 1. The van der Waals surface area contributed by atoms with Gasteiger partial charge in [-0.25, -0.2) is 0 Å². The lowest BCUT2D eigenvalue weighted by atomic mass is 9.79. The number of hydrogen-bond donors (Lipinski definition) is 3. The Morgan fingerprint density at radius 3 is 2.58 bits per heavy atom. The van der Waals surface area contributed by atoms with Crippen LogP contribution < -0.4 is 10.6 Å². The topological polar surface area (TPSA) is 61.4 Å². The number of amides is 1. The maximum absolute atomic E-state index is 12.4. The molecule has 110 valence electrons. The van der Waals surface area contributed by atoms with E-state index in [0.29, 0.717) is 12.5 Å². The van der Waals surface area contributed by atoms with Crippen molar-refractivity contribution in [2.45, 2.75) is 58.0 Å². The van der Waals surface area contributed by atoms with Crippen molar-refractivity contribution in [3.63, 3.8) is 0 Å². The smallest absolute Gasteiger partial charge is 0.227 e. The van der Waals surface area contributed by atoms with Crippen LogP contribution in [0.1, 0.15) is 52.4 Å². The lowest BCUT2D eigenvalue weighted by Crippen LogP contribution is -2.50. The molecule has 0 bridgehead atoms. The van der Waals surface area contributed by atoms with E-state index in [-0.39, 0.29) is 11.3 Å². The van der Waals surface area contributed by atoms with E-state index in [2.05, 4.69) is 24.5 Å². The standard InChI is InChI=1S/C15H28N2O2/c1-3-14(8-9-16-10-14)13(18)17-11-15(19)6-4-12(2)5-7-15/h12,16,19H,3-11H2,1-2H3,(H,17,18). The highest BCUT2D eigenvalue weighted by atomic mass is 16.3. The van der Waals surface area contributed by atoms with E-state index >= 15 is 0 Å². The highest BCUT2D eigenvalue weighted by molar-refractivity contribution is 5.83. The second kappa shape index (κ2) is 5.80. The van der Waals surface area contributed by atoms with Crippen LogP contribution in [-0.2, 0) is 4.79 Å². The summed E-state index contributed by atoms with van der Waals surface area (Å²) in [6.07, 6.45) is 5.52. The molecule has 1 heterocycles. The largest absolute Gasteiger partial charge is 0.388 e. The minimum atomic E-state index is -0.677. The van der Waals surface area contributed by atoms with E-state index in [1.165, 1.54) is 0 Å². The number of carbonyl (C=O) groups excluding carboxylic acids is 1. The number of aliphatic hydroxyl groups is 1. The Morgan fingerprint density at radius 1 is 1.37 bits per heavy atom.